The molecule has 3 heterocycles. The normalized spacial score (nSPS) is 12.2. The van der Waals surface area contributed by atoms with E-state index in [2.05, 4.69) is 10.1 Å². The molecule has 3 aromatic rings. The summed E-state index contributed by atoms with van der Waals surface area (Å²) >= 11 is 1.57. The number of hydrogen-bond acceptors (Lipinski definition) is 6. The lowest BCUT2D eigenvalue weighted by atomic mass is 10.3. The van der Waals surface area contributed by atoms with E-state index in [4.69, 9.17) is 4.42 Å². The number of aromatic nitrogens is 3. The molecule has 0 fully saturated rings. The van der Waals surface area contributed by atoms with Gasteiger partial charge < -0.3 is 4.42 Å². The summed E-state index contributed by atoms with van der Waals surface area (Å²) in [6.45, 7) is 10.8. The van der Waals surface area contributed by atoms with Crippen LogP contribution in [0.1, 0.15) is 49.5 Å². The maximum Gasteiger partial charge on any atom is 0.246 e. The third-order valence-corrected chi connectivity index (χ3v) is 7.79. The molecule has 0 radical (unpaired) electrons. The fourth-order valence-corrected chi connectivity index (χ4v) is 6.06. The Morgan fingerprint density at radius 2 is 1.86 bits per heavy atom. The topological polar surface area (TPSA) is 81.2 Å². The van der Waals surface area contributed by atoms with E-state index in [1.807, 2.05) is 38.3 Å². The van der Waals surface area contributed by atoms with Crippen LogP contribution in [0.25, 0.3) is 10.8 Å². The molecule has 0 saturated carbocycles. The number of rotatable bonds is 9. The van der Waals surface area contributed by atoms with Crippen molar-refractivity contribution in [3.8, 4) is 10.8 Å². The molecule has 158 valence electrons. The Morgan fingerprint density at radius 3 is 2.45 bits per heavy atom. The van der Waals surface area contributed by atoms with Crippen LogP contribution in [-0.4, -0.2) is 40.6 Å². The van der Waals surface area contributed by atoms with Crippen LogP contribution in [0.4, 0.5) is 0 Å². The summed E-state index contributed by atoms with van der Waals surface area (Å²) in [5.41, 5.74) is 1.89. The maximum absolute atomic E-state index is 13.3. The zero-order valence-corrected chi connectivity index (χ0v) is 19.2. The van der Waals surface area contributed by atoms with Crippen LogP contribution >= 0.6 is 11.3 Å². The zero-order chi connectivity index (χ0) is 21.2. The second-order valence-corrected chi connectivity index (χ2v) is 9.88. The minimum absolute atomic E-state index is 0.305. The zero-order valence-electron chi connectivity index (χ0n) is 17.6. The van der Waals surface area contributed by atoms with Crippen molar-refractivity contribution < 1.29 is 12.8 Å². The van der Waals surface area contributed by atoms with Gasteiger partial charge in [0.15, 0.2) is 0 Å². The Kier molecular flexibility index (Phi) is 6.60. The van der Waals surface area contributed by atoms with Gasteiger partial charge in [-0.15, -0.1) is 11.3 Å². The molecular formula is C20H28N4O3S2. The van der Waals surface area contributed by atoms with Gasteiger partial charge in [0.2, 0.25) is 15.9 Å². The minimum atomic E-state index is -3.59. The van der Waals surface area contributed by atoms with Gasteiger partial charge in [-0.05, 0) is 45.1 Å². The average Bonchev–Trinajstić information content (AvgIpc) is 3.36. The predicted molar refractivity (Wildman–Crippen MR) is 115 cm³/mol. The average molecular weight is 437 g/mol. The number of nitrogens with zero attached hydrogens (tertiary/aromatic N) is 4. The van der Waals surface area contributed by atoms with Crippen molar-refractivity contribution in [1.29, 1.82) is 0 Å². The molecule has 7 nitrogen and oxygen atoms in total. The molecule has 0 aliphatic rings. The SMILES string of the molecule is CCCN(CCC)S(=O)(=O)c1c(C)nn(Cc2nc(-c3cccs3)oc2C)c1C. The molecule has 0 bridgehead atoms. The predicted octanol–water partition coefficient (Wildman–Crippen LogP) is 4.38. The van der Waals surface area contributed by atoms with Crippen molar-refractivity contribution in [2.24, 2.45) is 0 Å². The van der Waals surface area contributed by atoms with Crippen molar-refractivity contribution in [3.63, 3.8) is 0 Å². The second kappa shape index (κ2) is 8.81. The largest absolute Gasteiger partial charge is 0.440 e. The van der Waals surface area contributed by atoms with E-state index in [-0.39, 0.29) is 0 Å². The first-order valence-corrected chi connectivity index (χ1v) is 12.2. The molecule has 0 aliphatic carbocycles. The molecule has 0 aromatic carbocycles. The van der Waals surface area contributed by atoms with Crippen LogP contribution in [-0.2, 0) is 16.6 Å². The van der Waals surface area contributed by atoms with Crippen LogP contribution in [0.5, 0.6) is 0 Å². The Hall–Kier alpha value is -1.97. The third-order valence-electron chi connectivity index (χ3n) is 4.78. The van der Waals surface area contributed by atoms with Crippen LogP contribution in [0.3, 0.4) is 0 Å². The Labute approximate surface area is 176 Å². The Morgan fingerprint density at radius 1 is 1.17 bits per heavy atom. The Balaban J connectivity index is 1.94. The molecule has 29 heavy (non-hydrogen) atoms. The van der Waals surface area contributed by atoms with E-state index in [1.54, 1.807) is 34.2 Å². The van der Waals surface area contributed by atoms with Gasteiger partial charge in [-0.3, -0.25) is 4.68 Å². The van der Waals surface area contributed by atoms with Gasteiger partial charge >= 0.3 is 0 Å². The summed E-state index contributed by atoms with van der Waals surface area (Å²) in [4.78, 5) is 5.88. The summed E-state index contributed by atoms with van der Waals surface area (Å²) in [5, 5.41) is 6.50. The summed E-state index contributed by atoms with van der Waals surface area (Å²) < 4.78 is 35.7. The fourth-order valence-electron chi connectivity index (χ4n) is 3.41. The Bertz CT molecular complexity index is 1060. The molecule has 0 spiro atoms. The smallest absolute Gasteiger partial charge is 0.246 e. The summed E-state index contributed by atoms with van der Waals surface area (Å²) in [5.74, 6) is 1.29. The van der Waals surface area contributed by atoms with E-state index in [1.165, 1.54) is 0 Å². The summed E-state index contributed by atoms with van der Waals surface area (Å²) in [7, 11) is -3.59. The van der Waals surface area contributed by atoms with Gasteiger partial charge in [-0.25, -0.2) is 13.4 Å². The number of oxazole rings is 1. The van der Waals surface area contributed by atoms with Crippen molar-refractivity contribution in [1.82, 2.24) is 19.1 Å². The molecule has 3 rings (SSSR count). The summed E-state index contributed by atoms with van der Waals surface area (Å²) in [6, 6.07) is 3.92. The summed E-state index contributed by atoms with van der Waals surface area (Å²) in [6.07, 6.45) is 1.55. The van der Waals surface area contributed by atoms with Crippen molar-refractivity contribution in [3.05, 3.63) is 40.4 Å². The first-order chi connectivity index (χ1) is 13.8. The van der Waals surface area contributed by atoms with Gasteiger partial charge in [0, 0.05) is 13.1 Å². The minimum Gasteiger partial charge on any atom is -0.440 e. The molecule has 0 unspecified atom stereocenters. The van der Waals surface area contributed by atoms with E-state index in [9.17, 15) is 8.42 Å². The highest BCUT2D eigenvalue weighted by Crippen LogP contribution is 2.28. The number of aryl methyl sites for hydroxylation is 2. The van der Waals surface area contributed by atoms with Crippen LogP contribution in [0, 0.1) is 20.8 Å². The van der Waals surface area contributed by atoms with Crippen LogP contribution < -0.4 is 0 Å². The van der Waals surface area contributed by atoms with Crippen LogP contribution in [0.2, 0.25) is 0 Å². The molecule has 0 saturated heterocycles. The molecular weight excluding hydrogens is 408 g/mol. The van der Waals surface area contributed by atoms with Crippen molar-refractivity contribution in [2.75, 3.05) is 13.1 Å². The third kappa shape index (κ3) is 4.31. The number of sulfonamides is 1. The van der Waals surface area contributed by atoms with Crippen molar-refractivity contribution >= 4 is 21.4 Å². The lowest BCUT2D eigenvalue weighted by Gasteiger charge is -2.21. The molecule has 3 aromatic heterocycles. The van der Waals surface area contributed by atoms with E-state index in [0.717, 1.165) is 23.4 Å². The molecule has 0 amide bonds. The number of hydrogen-bond donors (Lipinski definition) is 0. The second-order valence-electron chi connectivity index (χ2n) is 7.06. The lowest BCUT2D eigenvalue weighted by Crippen LogP contribution is -2.33. The quantitative estimate of drug-likeness (QED) is 0.497. The van der Waals surface area contributed by atoms with Crippen molar-refractivity contribution in [2.45, 2.75) is 58.9 Å². The monoisotopic (exact) mass is 436 g/mol. The molecule has 9 heteroatoms. The maximum atomic E-state index is 13.3. The van der Waals surface area contributed by atoms with E-state index in [0.29, 0.717) is 47.6 Å². The molecule has 0 N–H and O–H groups in total. The highest BCUT2D eigenvalue weighted by atomic mass is 32.2. The molecule has 0 aliphatic heterocycles. The van der Waals surface area contributed by atoms with Gasteiger partial charge in [0.1, 0.15) is 16.3 Å². The lowest BCUT2D eigenvalue weighted by molar-refractivity contribution is 0.409. The van der Waals surface area contributed by atoms with E-state index >= 15 is 0 Å². The van der Waals surface area contributed by atoms with E-state index < -0.39 is 10.0 Å². The standard InChI is InChI=1S/C20H28N4O3S2/c1-6-10-23(11-7-2)29(25,26)19-14(3)22-24(15(19)4)13-17-16(5)27-20(21-17)18-9-8-12-28-18/h8-9,12H,6-7,10-11,13H2,1-5H3. The van der Waals surface area contributed by atoms with Gasteiger partial charge in [0.25, 0.3) is 0 Å². The number of thiophene rings is 1. The van der Waals surface area contributed by atoms with Gasteiger partial charge in [-0.1, -0.05) is 19.9 Å². The van der Waals surface area contributed by atoms with Gasteiger partial charge in [0.05, 0.1) is 22.8 Å². The highest BCUT2D eigenvalue weighted by Gasteiger charge is 2.30. The molecule has 0 atom stereocenters. The van der Waals surface area contributed by atoms with Crippen LogP contribution in [0.15, 0.2) is 26.8 Å². The fraction of sp³-hybridized carbons (Fsp3) is 0.500. The first-order valence-electron chi connectivity index (χ1n) is 9.83. The van der Waals surface area contributed by atoms with Gasteiger partial charge in [-0.2, -0.15) is 9.40 Å². The first kappa shape index (κ1) is 21.7. The highest BCUT2D eigenvalue weighted by molar-refractivity contribution is 7.89.